The molecule has 0 spiro atoms. The topological polar surface area (TPSA) is 82.9 Å². The number of piperazine rings is 1. The number of rotatable bonds is 5. The monoisotopic (exact) mass is 480 g/mol. The number of aliphatic hydroxyl groups excluding tert-OH is 1. The summed E-state index contributed by atoms with van der Waals surface area (Å²) in [4.78, 5) is 9.44. The molecule has 0 unspecified atom stereocenters. The molecule has 9 heteroatoms. The van der Waals surface area contributed by atoms with Gasteiger partial charge < -0.3 is 15.7 Å². The number of nitrogens with zero attached hydrogens (tertiary/aromatic N) is 5. The fraction of sp³-hybridized carbons (Fsp3) is 0.280. The number of nitrogen functional groups attached to an aromatic ring is 1. The van der Waals surface area contributed by atoms with Crippen LogP contribution in [0.3, 0.4) is 0 Å². The number of aryl methyl sites for hydroxylation is 1. The van der Waals surface area contributed by atoms with E-state index in [9.17, 15) is 9.50 Å². The molecule has 176 valence electrons. The van der Waals surface area contributed by atoms with Crippen LogP contribution in [-0.4, -0.2) is 63.9 Å². The van der Waals surface area contributed by atoms with Gasteiger partial charge in [-0.2, -0.15) is 9.61 Å². The fourth-order valence-corrected chi connectivity index (χ4v) is 4.77. The third kappa shape index (κ3) is 4.09. The van der Waals surface area contributed by atoms with Crippen molar-refractivity contribution in [3.63, 3.8) is 0 Å². The molecular formula is C25H26ClFN6O. The molecule has 0 amide bonds. The minimum absolute atomic E-state index is 0.0339. The number of aliphatic hydroxyl groups is 1. The highest BCUT2D eigenvalue weighted by molar-refractivity contribution is 6.31. The van der Waals surface area contributed by atoms with Gasteiger partial charge in [0, 0.05) is 49.5 Å². The molecule has 34 heavy (non-hydrogen) atoms. The van der Waals surface area contributed by atoms with Crippen LogP contribution in [-0.2, 0) is 0 Å². The Balaban J connectivity index is 1.50. The Kier molecular flexibility index (Phi) is 6.12. The van der Waals surface area contributed by atoms with Crippen LogP contribution in [0, 0.1) is 12.7 Å². The van der Waals surface area contributed by atoms with Crippen molar-refractivity contribution in [1.29, 1.82) is 0 Å². The van der Waals surface area contributed by atoms with Crippen molar-refractivity contribution in [2.45, 2.75) is 6.92 Å². The van der Waals surface area contributed by atoms with Crippen molar-refractivity contribution in [3.05, 3.63) is 65.2 Å². The highest BCUT2D eigenvalue weighted by Crippen LogP contribution is 2.35. The first-order valence-corrected chi connectivity index (χ1v) is 11.6. The summed E-state index contributed by atoms with van der Waals surface area (Å²) in [6.45, 7) is 6.45. The largest absolute Gasteiger partial charge is 0.395 e. The second kappa shape index (κ2) is 9.21. The number of halogens is 2. The molecule has 0 atom stereocenters. The Morgan fingerprint density at radius 3 is 2.62 bits per heavy atom. The van der Waals surface area contributed by atoms with Gasteiger partial charge in [0.1, 0.15) is 11.6 Å². The van der Waals surface area contributed by atoms with Gasteiger partial charge >= 0.3 is 0 Å². The summed E-state index contributed by atoms with van der Waals surface area (Å²) in [6, 6.07) is 12.9. The zero-order chi connectivity index (χ0) is 23.8. The second-order valence-electron chi connectivity index (χ2n) is 8.48. The molecule has 0 bridgehead atoms. The first kappa shape index (κ1) is 22.6. The van der Waals surface area contributed by atoms with E-state index < -0.39 is 5.82 Å². The molecule has 1 saturated heterocycles. The van der Waals surface area contributed by atoms with E-state index in [1.165, 1.54) is 6.07 Å². The van der Waals surface area contributed by atoms with Gasteiger partial charge in [-0.3, -0.25) is 4.90 Å². The summed E-state index contributed by atoms with van der Waals surface area (Å²) in [5.74, 6) is -0.0562. The van der Waals surface area contributed by atoms with Crippen LogP contribution in [0.2, 0.25) is 5.02 Å². The van der Waals surface area contributed by atoms with Crippen molar-refractivity contribution in [3.8, 4) is 22.3 Å². The van der Waals surface area contributed by atoms with Crippen LogP contribution < -0.4 is 10.6 Å². The SMILES string of the molecule is Cc1nc2c(-c3cccc(N4CCN(CCO)CC4)c3)cnn2c(N)c1-c1ccc(F)c(Cl)c1. The summed E-state index contributed by atoms with van der Waals surface area (Å²) >= 11 is 6.00. The lowest BCUT2D eigenvalue weighted by atomic mass is 10.0. The number of hydrogen-bond acceptors (Lipinski definition) is 6. The number of benzene rings is 2. The van der Waals surface area contributed by atoms with Crippen molar-refractivity contribution in [2.75, 3.05) is 50.0 Å². The predicted molar refractivity (Wildman–Crippen MR) is 134 cm³/mol. The van der Waals surface area contributed by atoms with Gasteiger partial charge in [0.15, 0.2) is 5.65 Å². The average Bonchev–Trinajstić information content (AvgIpc) is 3.26. The third-order valence-electron chi connectivity index (χ3n) is 6.38. The van der Waals surface area contributed by atoms with E-state index in [1.54, 1.807) is 22.8 Å². The number of β-amino-alcohol motifs (C(OH)–C–C–N with tert-alkyl or cyclic N) is 1. The van der Waals surface area contributed by atoms with Crippen LogP contribution in [0.1, 0.15) is 5.69 Å². The molecule has 0 saturated carbocycles. The maximum absolute atomic E-state index is 13.7. The number of nitrogens with two attached hydrogens (primary N) is 1. The van der Waals surface area contributed by atoms with Crippen molar-refractivity contribution < 1.29 is 9.50 Å². The quantitative estimate of drug-likeness (QED) is 0.451. The van der Waals surface area contributed by atoms with Gasteiger partial charge in [-0.25, -0.2) is 9.37 Å². The van der Waals surface area contributed by atoms with Crippen LogP contribution in [0.4, 0.5) is 15.9 Å². The van der Waals surface area contributed by atoms with E-state index in [-0.39, 0.29) is 11.6 Å². The Morgan fingerprint density at radius 2 is 1.88 bits per heavy atom. The maximum Gasteiger partial charge on any atom is 0.165 e. The molecule has 4 aromatic rings. The molecule has 7 nitrogen and oxygen atoms in total. The molecule has 2 aromatic carbocycles. The van der Waals surface area contributed by atoms with Gasteiger partial charge in [-0.1, -0.05) is 29.8 Å². The van der Waals surface area contributed by atoms with E-state index in [4.69, 9.17) is 22.3 Å². The number of fused-ring (bicyclic) bond motifs is 1. The molecular weight excluding hydrogens is 455 g/mol. The molecule has 3 heterocycles. The summed E-state index contributed by atoms with van der Waals surface area (Å²) in [7, 11) is 0. The smallest absolute Gasteiger partial charge is 0.165 e. The minimum Gasteiger partial charge on any atom is -0.395 e. The van der Waals surface area contributed by atoms with Gasteiger partial charge in [0.2, 0.25) is 0 Å². The summed E-state index contributed by atoms with van der Waals surface area (Å²) in [5.41, 5.74) is 12.3. The molecule has 1 fully saturated rings. The van der Waals surface area contributed by atoms with E-state index in [1.807, 2.05) is 19.1 Å². The average molecular weight is 481 g/mol. The van der Waals surface area contributed by atoms with Gasteiger partial charge in [-0.05, 0) is 42.3 Å². The van der Waals surface area contributed by atoms with E-state index in [0.29, 0.717) is 28.3 Å². The minimum atomic E-state index is -0.480. The molecule has 1 aliphatic heterocycles. The number of hydrogen-bond donors (Lipinski definition) is 2. The standard InChI is InChI=1S/C25H26ClFN6O/c1-16-23(18-5-6-22(27)21(26)14-18)24(28)33-25(30-16)20(15-29-33)17-3-2-4-19(13-17)32-9-7-31(8-10-32)11-12-34/h2-6,13-15,34H,7-12,28H2,1H3. The highest BCUT2D eigenvalue weighted by atomic mass is 35.5. The Bertz CT molecular complexity index is 1350. The van der Waals surface area contributed by atoms with E-state index >= 15 is 0 Å². The van der Waals surface area contributed by atoms with Gasteiger partial charge in [0.25, 0.3) is 0 Å². The zero-order valence-corrected chi connectivity index (χ0v) is 19.6. The van der Waals surface area contributed by atoms with Crippen LogP contribution in [0.25, 0.3) is 27.9 Å². The fourth-order valence-electron chi connectivity index (χ4n) is 4.59. The first-order chi connectivity index (χ1) is 16.5. The van der Waals surface area contributed by atoms with Crippen molar-refractivity contribution >= 4 is 28.8 Å². The number of aromatic nitrogens is 3. The summed E-state index contributed by atoms with van der Waals surface area (Å²) in [6.07, 6.45) is 1.78. The predicted octanol–water partition coefficient (Wildman–Crippen LogP) is 3.86. The molecule has 2 aromatic heterocycles. The highest BCUT2D eigenvalue weighted by Gasteiger charge is 2.20. The molecule has 0 radical (unpaired) electrons. The van der Waals surface area contributed by atoms with E-state index in [0.717, 1.165) is 49.5 Å². The molecule has 1 aliphatic rings. The van der Waals surface area contributed by atoms with Crippen molar-refractivity contribution in [2.24, 2.45) is 0 Å². The molecule has 0 aliphatic carbocycles. The van der Waals surface area contributed by atoms with E-state index in [2.05, 4.69) is 27.0 Å². The van der Waals surface area contributed by atoms with Crippen molar-refractivity contribution in [1.82, 2.24) is 19.5 Å². The first-order valence-electron chi connectivity index (χ1n) is 11.2. The second-order valence-corrected chi connectivity index (χ2v) is 8.89. The number of anilines is 2. The lowest BCUT2D eigenvalue weighted by molar-refractivity contribution is 0.189. The maximum atomic E-state index is 13.7. The molecule has 5 rings (SSSR count). The van der Waals surface area contributed by atoms with Crippen LogP contribution >= 0.6 is 11.6 Å². The van der Waals surface area contributed by atoms with Gasteiger partial charge in [-0.15, -0.1) is 0 Å². The summed E-state index contributed by atoms with van der Waals surface area (Å²) < 4.78 is 15.3. The lowest BCUT2D eigenvalue weighted by Crippen LogP contribution is -2.47. The van der Waals surface area contributed by atoms with Crippen LogP contribution in [0.15, 0.2) is 48.7 Å². The zero-order valence-electron chi connectivity index (χ0n) is 18.9. The Hall–Kier alpha value is -3.20. The van der Waals surface area contributed by atoms with Gasteiger partial charge in [0.05, 0.1) is 23.5 Å². The third-order valence-corrected chi connectivity index (χ3v) is 6.67. The Labute approximate surface area is 202 Å². The normalized spacial score (nSPS) is 14.8. The molecule has 3 N–H and O–H groups in total. The lowest BCUT2D eigenvalue weighted by Gasteiger charge is -2.35. The van der Waals surface area contributed by atoms with Crippen LogP contribution in [0.5, 0.6) is 0 Å². The Morgan fingerprint density at radius 1 is 1.09 bits per heavy atom. The summed E-state index contributed by atoms with van der Waals surface area (Å²) in [5, 5.41) is 13.7.